The lowest BCUT2D eigenvalue weighted by molar-refractivity contribution is -0.173. The van der Waals surface area contributed by atoms with Gasteiger partial charge in [0.05, 0.1) is 17.9 Å². The van der Waals surface area contributed by atoms with Crippen LogP contribution in [0.15, 0.2) is 76.6 Å². The average Bonchev–Trinajstić information content (AvgIpc) is 3.64. The first-order valence-electron chi connectivity index (χ1n) is 16.6. The van der Waals surface area contributed by atoms with Crippen molar-refractivity contribution >= 4 is 39.3 Å². The third kappa shape index (κ3) is 4.59. The van der Waals surface area contributed by atoms with Crippen molar-refractivity contribution in [3.05, 3.63) is 83.5 Å². The zero-order valence-corrected chi connectivity index (χ0v) is 26.9. The number of carbonyl (C=O) groups is 2. The Bertz CT molecular complexity index is 1740. The maximum atomic E-state index is 14.8. The Hall–Kier alpha value is -3.16. The van der Waals surface area contributed by atoms with Gasteiger partial charge in [0.2, 0.25) is 5.12 Å². The fourth-order valence-corrected chi connectivity index (χ4v) is 10.9. The van der Waals surface area contributed by atoms with E-state index in [1.54, 1.807) is 12.5 Å². The van der Waals surface area contributed by atoms with Crippen molar-refractivity contribution in [2.45, 2.75) is 89.1 Å². The molecule has 7 heteroatoms. The molecule has 1 N–H and O–H groups in total. The summed E-state index contributed by atoms with van der Waals surface area (Å²) in [4.78, 5) is 31.7. The lowest BCUT2D eigenvalue weighted by Gasteiger charge is -2.60. The molecule has 0 saturated heterocycles. The molecule has 2 aromatic heterocycles. The van der Waals surface area contributed by atoms with E-state index in [1.807, 2.05) is 30.3 Å². The molecule has 5 aliphatic rings. The second kappa shape index (κ2) is 10.7. The predicted molar refractivity (Wildman–Crippen MR) is 175 cm³/mol. The first kappa shape index (κ1) is 29.3. The number of ether oxygens (including phenoxy) is 1. The van der Waals surface area contributed by atoms with Crippen LogP contribution in [0.1, 0.15) is 83.0 Å². The van der Waals surface area contributed by atoms with E-state index in [9.17, 15) is 14.7 Å². The fraction of sp³-hybridized carbons (Fsp3) is 0.500. The van der Waals surface area contributed by atoms with Crippen molar-refractivity contribution in [2.75, 3.05) is 0 Å². The van der Waals surface area contributed by atoms with Crippen LogP contribution in [0.25, 0.3) is 16.7 Å². The number of aliphatic hydroxyl groups is 1. The summed E-state index contributed by atoms with van der Waals surface area (Å²) in [5.74, 6) is 2.72. The molecule has 0 amide bonds. The van der Waals surface area contributed by atoms with Gasteiger partial charge in [-0.25, -0.2) is 0 Å². The summed E-state index contributed by atoms with van der Waals surface area (Å²) in [5, 5.41) is 13.2. The first-order valence-corrected chi connectivity index (χ1v) is 17.6. The van der Waals surface area contributed by atoms with E-state index < -0.39 is 17.1 Å². The molecule has 6 nitrogen and oxygen atoms in total. The SMILES string of the molecule is CC12CCC(=O)C=C1CCC1C2[C@@H](O)CC2(C)C1CC[C@]2(OC(=C1CC1)c1ccco1)C(=O)SCc1ccc2cccnc2c1. The number of ketones is 1. The normalized spacial score (nSPS) is 35.3. The van der Waals surface area contributed by atoms with E-state index >= 15 is 0 Å². The number of furan rings is 1. The fourth-order valence-electron chi connectivity index (χ4n) is 9.86. The highest BCUT2D eigenvalue weighted by Crippen LogP contribution is 2.69. The van der Waals surface area contributed by atoms with Gasteiger partial charge >= 0.3 is 0 Å². The maximum absolute atomic E-state index is 14.8. The topological polar surface area (TPSA) is 89.6 Å². The molecule has 5 unspecified atom stereocenters. The van der Waals surface area contributed by atoms with Crippen molar-refractivity contribution in [3.8, 4) is 0 Å². The number of allylic oxidation sites excluding steroid dienone is 2. The number of aromatic nitrogens is 1. The minimum atomic E-state index is -1.10. The van der Waals surface area contributed by atoms with Crippen LogP contribution in [0.2, 0.25) is 0 Å². The monoisotopic (exact) mass is 623 g/mol. The highest BCUT2D eigenvalue weighted by atomic mass is 32.2. The van der Waals surface area contributed by atoms with Crippen molar-refractivity contribution < 1.29 is 23.8 Å². The molecule has 5 aliphatic carbocycles. The number of hydrogen-bond acceptors (Lipinski definition) is 7. The Morgan fingerprint density at radius 3 is 2.76 bits per heavy atom. The lowest BCUT2D eigenvalue weighted by Crippen LogP contribution is -2.62. The van der Waals surface area contributed by atoms with Gasteiger partial charge in [-0.2, -0.15) is 0 Å². The summed E-state index contributed by atoms with van der Waals surface area (Å²) >= 11 is 1.33. The van der Waals surface area contributed by atoms with Gasteiger partial charge < -0.3 is 14.3 Å². The second-order valence-corrected chi connectivity index (χ2v) is 15.5. The molecule has 0 radical (unpaired) electrons. The van der Waals surface area contributed by atoms with E-state index in [0.717, 1.165) is 55.0 Å². The van der Waals surface area contributed by atoms with Gasteiger partial charge in [0.25, 0.3) is 0 Å². The minimum absolute atomic E-state index is 0.0374. The van der Waals surface area contributed by atoms with E-state index in [4.69, 9.17) is 9.15 Å². The van der Waals surface area contributed by atoms with Crippen LogP contribution < -0.4 is 0 Å². The van der Waals surface area contributed by atoms with Gasteiger partial charge in [0.1, 0.15) is 0 Å². The molecular formula is C38H41NO5S. The number of rotatable bonds is 6. The van der Waals surface area contributed by atoms with Crippen molar-refractivity contribution in [1.29, 1.82) is 0 Å². The third-order valence-electron chi connectivity index (χ3n) is 12.2. The van der Waals surface area contributed by atoms with Crippen LogP contribution in [0.5, 0.6) is 0 Å². The van der Waals surface area contributed by atoms with E-state index in [2.05, 4.69) is 37.0 Å². The Labute approximate surface area is 268 Å². The summed E-state index contributed by atoms with van der Waals surface area (Å²) in [6.07, 6.45) is 11.8. The number of carbonyl (C=O) groups excluding carboxylic acids is 2. The van der Waals surface area contributed by atoms with Crippen molar-refractivity contribution in [1.82, 2.24) is 4.98 Å². The quantitative estimate of drug-likeness (QED) is 0.278. The van der Waals surface area contributed by atoms with E-state index in [1.165, 1.54) is 22.9 Å². The molecule has 234 valence electrons. The smallest absolute Gasteiger partial charge is 0.233 e. The average molecular weight is 624 g/mol. The molecular weight excluding hydrogens is 582 g/mol. The standard InChI is InChI=1S/C38H41NO5S/c1-36-15-13-27(40)20-26(36)11-12-28-29-14-16-38(37(29,2)21-31(41)33(28)36,44-34(25-9-10-25)32-6-4-18-43-32)35(42)45-22-23-7-8-24-5-3-17-39-30(24)19-23/h3-8,17-20,28-29,31,33,41H,9-16,21-22H2,1-2H3/t28?,29?,31-,33?,36?,37?,38-/m0/s1. The Balaban J connectivity index is 1.16. The second-order valence-electron chi connectivity index (χ2n) is 14.6. The molecule has 0 aliphatic heterocycles. The first-order chi connectivity index (χ1) is 21.7. The molecule has 45 heavy (non-hydrogen) atoms. The highest BCUT2D eigenvalue weighted by molar-refractivity contribution is 8.13. The summed E-state index contributed by atoms with van der Waals surface area (Å²) in [6, 6.07) is 14.0. The predicted octanol–water partition coefficient (Wildman–Crippen LogP) is 8.05. The van der Waals surface area contributed by atoms with Crippen LogP contribution in [0, 0.1) is 28.6 Å². The van der Waals surface area contributed by atoms with E-state index in [-0.39, 0.29) is 34.1 Å². The Kier molecular flexibility index (Phi) is 6.96. The summed E-state index contributed by atoms with van der Waals surface area (Å²) in [5.41, 5.74) is 2.55. The molecule has 2 heterocycles. The minimum Gasteiger partial charge on any atom is -0.474 e. The number of thioether (sulfide) groups is 1. The Morgan fingerprint density at radius 1 is 1.09 bits per heavy atom. The molecule has 4 fully saturated rings. The largest absolute Gasteiger partial charge is 0.474 e. The molecule has 4 saturated carbocycles. The van der Waals surface area contributed by atoms with Gasteiger partial charge in [-0.1, -0.05) is 49.4 Å². The molecule has 3 aromatic rings. The molecule has 0 spiro atoms. The summed E-state index contributed by atoms with van der Waals surface area (Å²) in [7, 11) is 0. The number of nitrogens with zero attached hydrogens (tertiary/aromatic N) is 1. The Morgan fingerprint density at radius 2 is 1.96 bits per heavy atom. The summed E-state index contributed by atoms with van der Waals surface area (Å²) < 4.78 is 13.0. The van der Waals surface area contributed by atoms with E-state index in [0.29, 0.717) is 36.5 Å². The number of aliphatic hydroxyl groups excluding tert-OH is 1. The number of pyridine rings is 1. The molecule has 0 bridgehead atoms. The molecule has 8 rings (SSSR count). The van der Waals surface area contributed by atoms with Crippen LogP contribution in [0.3, 0.4) is 0 Å². The van der Waals surface area contributed by atoms with Crippen LogP contribution >= 0.6 is 11.8 Å². The van der Waals surface area contributed by atoms with Crippen LogP contribution in [0.4, 0.5) is 0 Å². The van der Waals surface area contributed by atoms with Gasteiger partial charge in [0, 0.05) is 29.2 Å². The number of hydrogen-bond donors (Lipinski definition) is 1. The van der Waals surface area contributed by atoms with Gasteiger partial charge in [-0.3, -0.25) is 14.6 Å². The van der Waals surface area contributed by atoms with Crippen molar-refractivity contribution in [2.24, 2.45) is 28.6 Å². The zero-order chi connectivity index (χ0) is 31.0. The van der Waals surface area contributed by atoms with Crippen LogP contribution in [-0.4, -0.2) is 32.7 Å². The number of benzene rings is 1. The van der Waals surface area contributed by atoms with Crippen LogP contribution in [-0.2, 0) is 20.1 Å². The maximum Gasteiger partial charge on any atom is 0.233 e. The summed E-state index contributed by atoms with van der Waals surface area (Å²) in [6.45, 7) is 4.50. The highest BCUT2D eigenvalue weighted by Gasteiger charge is 2.70. The third-order valence-corrected chi connectivity index (χ3v) is 13.3. The van der Waals surface area contributed by atoms with Crippen molar-refractivity contribution in [3.63, 3.8) is 0 Å². The van der Waals surface area contributed by atoms with Gasteiger partial charge in [-0.05, 0) is 116 Å². The van der Waals surface area contributed by atoms with Gasteiger partial charge in [0.15, 0.2) is 22.9 Å². The molecule has 7 atom stereocenters. The molecule has 1 aromatic carbocycles. The zero-order valence-electron chi connectivity index (χ0n) is 26.1. The van der Waals surface area contributed by atoms with Gasteiger partial charge in [-0.15, -0.1) is 0 Å². The number of fused-ring (bicyclic) bond motifs is 6. The lowest BCUT2D eigenvalue weighted by atomic mass is 9.45.